The van der Waals surface area contributed by atoms with Crippen molar-refractivity contribution in [3.63, 3.8) is 0 Å². The molecule has 0 atom stereocenters. The molecule has 0 unspecified atom stereocenters. The normalized spacial score (nSPS) is 11.5. The number of fused-ring (bicyclic) bond motifs is 1. The summed E-state index contributed by atoms with van der Waals surface area (Å²) in [4.78, 5) is 0. The maximum absolute atomic E-state index is 5.90. The monoisotopic (exact) mass is 263 g/mol. The van der Waals surface area contributed by atoms with Gasteiger partial charge >= 0.3 is 18.9 Å². The maximum atomic E-state index is 5.90. The minimum atomic E-state index is -0.747. The van der Waals surface area contributed by atoms with Crippen LogP contribution in [0, 0.1) is 6.07 Å². The van der Waals surface area contributed by atoms with Gasteiger partial charge < -0.3 is 4.43 Å². The van der Waals surface area contributed by atoms with Crippen LogP contribution in [0.5, 0.6) is 5.75 Å². The minimum absolute atomic E-state index is 0. The summed E-state index contributed by atoms with van der Waals surface area (Å²) in [5.41, 5.74) is 1.53. The van der Waals surface area contributed by atoms with Crippen LogP contribution >= 0.6 is 0 Å². The molecular weight excluding hydrogens is 243 g/mol. The van der Waals surface area contributed by atoms with Crippen LogP contribution in [0.3, 0.4) is 0 Å². The second kappa shape index (κ2) is 6.18. The fraction of sp³-hybridized carbons (Fsp3) is 0.375. The van der Waals surface area contributed by atoms with Crippen LogP contribution in [0.25, 0.3) is 10.8 Å². The van der Waals surface area contributed by atoms with E-state index < -0.39 is 9.04 Å². The molecule has 0 spiro atoms. The molecule has 0 aliphatic heterocycles. The predicted molar refractivity (Wildman–Crippen MR) is 79.6 cm³/mol. The molecule has 3 heteroatoms. The van der Waals surface area contributed by atoms with Crippen LogP contribution in [0.4, 0.5) is 0 Å². The first-order valence-electron chi connectivity index (χ1n) is 6.31. The molecule has 19 heavy (non-hydrogen) atoms. The Kier molecular flexibility index (Phi) is 5.32. The molecule has 1 radical (unpaired) electrons. The standard InChI is InChI=1S/C16H20OSi.Li/c1-16(2,3)13-9-10-14-12(11-13)7-6-8-15(14)17-18(4)5;/h6-7,9-11H,1-5H3;/q-1;+1. The fourth-order valence-electron chi connectivity index (χ4n) is 1.95. The van der Waals surface area contributed by atoms with Gasteiger partial charge in [0.15, 0.2) is 0 Å². The summed E-state index contributed by atoms with van der Waals surface area (Å²) >= 11 is 0. The Morgan fingerprint density at radius 1 is 1.11 bits per heavy atom. The molecule has 2 aromatic rings. The van der Waals surface area contributed by atoms with Gasteiger partial charge in [-0.15, -0.1) is 17.5 Å². The molecule has 0 saturated carbocycles. The van der Waals surface area contributed by atoms with Gasteiger partial charge in [0.05, 0.1) is 0 Å². The summed E-state index contributed by atoms with van der Waals surface area (Å²) in [6.07, 6.45) is 0. The molecule has 1 nitrogen and oxygen atoms in total. The van der Waals surface area contributed by atoms with Gasteiger partial charge in [-0.05, 0) is 29.8 Å². The third-order valence-corrected chi connectivity index (χ3v) is 3.56. The van der Waals surface area contributed by atoms with E-state index in [2.05, 4.69) is 64.2 Å². The minimum Gasteiger partial charge on any atom is -0.563 e. The summed E-state index contributed by atoms with van der Waals surface area (Å²) in [5.74, 6) is 0.895. The molecule has 0 aromatic heterocycles. The van der Waals surface area contributed by atoms with E-state index in [9.17, 15) is 0 Å². The van der Waals surface area contributed by atoms with Gasteiger partial charge in [-0.3, -0.25) is 0 Å². The molecule has 2 aromatic carbocycles. The molecule has 0 aliphatic carbocycles. The van der Waals surface area contributed by atoms with Crippen LogP contribution < -0.4 is 23.3 Å². The number of rotatable bonds is 2. The van der Waals surface area contributed by atoms with Crippen LogP contribution in [0.2, 0.25) is 13.1 Å². The van der Waals surface area contributed by atoms with E-state index in [-0.39, 0.29) is 24.3 Å². The molecule has 0 bridgehead atoms. The predicted octanol–water partition coefficient (Wildman–Crippen LogP) is 1.57. The van der Waals surface area contributed by atoms with E-state index in [1.54, 1.807) is 0 Å². The topological polar surface area (TPSA) is 9.23 Å². The van der Waals surface area contributed by atoms with E-state index in [0.29, 0.717) is 0 Å². The summed E-state index contributed by atoms with van der Waals surface area (Å²) in [6.45, 7) is 11.0. The Morgan fingerprint density at radius 3 is 2.37 bits per heavy atom. The molecule has 0 N–H and O–H groups in total. The second-order valence-corrected chi connectivity index (χ2v) is 7.89. The SMILES string of the molecule is C[Si](C)Oc1[c-]ccc2cc(C(C)(C)C)ccc12.[Li+]. The van der Waals surface area contributed by atoms with Crippen LogP contribution in [0.1, 0.15) is 26.3 Å². The van der Waals surface area contributed by atoms with E-state index in [1.165, 1.54) is 10.9 Å². The molecule has 0 aliphatic rings. The second-order valence-electron chi connectivity index (χ2n) is 5.87. The Bertz CT molecular complexity index is 558. The van der Waals surface area contributed by atoms with Crippen LogP contribution in [-0.4, -0.2) is 9.04 Å². The van der Waals surface area contributed by atoms with Gasteiger partial charge in [0.1, 0.15) is 0 Å². The van der Waals surface area contributed by atoms with Crippen molar-refractivity contribution in [1.29, 1.82) is 0 Å². The number of benzene rings is 2. The van der Waals surface area contributed by atoms with E-state index in [1.807, 2.05) is 6.07 Å². The molecule has 0 amide bonds. The maximum Gasteiger partial charge on any atom is 1.00 e. The number of hydrogen-bond donors (Lipinski definition) is 0. The summed E-state index contributed by atoms with van der Waals surface area (Å²) in [6, 6.07) is 13.9. The van der Waals surface area contributed by atoms with E-state index in [0.717, 1.165) is 11.1 Å². The zero-order chi connectivity index (χ0) is 13.3. The van der Waals surface area contributed by atoms with Gasteiger partial charge in [0.2, 0.25) is 0 Å². The van der Waals surface area contributed by atoms with Crippen LogP contribution in [-0.2, 0) is 5.41 Å². The van der Waals surface area contributed by atoms with E-state index in [4.69, 9.17) is 4.43 Å². The molecule has 0 fully saturated rings. The first-order chi connectivity index (χ1) is 8.38. The van der Waals surface area contributed by atoms with Crippen molar-refractivity contribution in [2.24, 2.45) is 0 Å². The van der Waals surface area contributed by atoms with Crippen molar-refractivity contribution in [3.8, 4) is 5.75 Å². The third kappa shape index (κ3) is 3.89. The van der Waals surface area contributed by atoms with Gasteiger partial charge in [-0.1, -0.05) is 38.3 Å². The average molecular weight is 263 g/mol. The first kappa shape index (κ1) is 16.4. The van der Waals surface area contributed by atoms with Gasteiger partial charge in [-0.25, -0.2) is 0 Å². The van der Waals surface area contributed by atoms with Crippen molar-refractivity contribution in [3.05, 3.63) is 42.0 Å². The summed E-state index contributed by atoms with van der Waals surface area (Å²) in [5, 5.41) is 2.40. The average Bonchev–Trinajstić information content (AvgIpc) is 2.27. The largest absolute Gasteiger partial charge is 1.00 e. The Balaban J connectivity index is 0.00000180. The molecular formula is C16H20LiOSi. The van der Waals surface area contributed by atoms with Crippen LogP contribution in [0.15, 0.2) is 30.3 Å². The fourth-order valence-corrected chi connectivity index (χ4v) is 2.52. The molecule has 95 valence electrons. The molecule has 2 rings (SSSR count). The molecule has 0 saturated heterocycles. The quantitative estimate of drug-likeness (QED) is 0.590. The zero-order valence-electron chi connectivity index (χ0n) is 12.8. The molecule has 0 heterocycles. The van der Waals surface area contributed by atoms with Crippen molar-refractivity contribution in [1.82, 2.24) is 0 Å². The summed E-state index contributed by atoms with van der Waals surface area (Å²) in [7, 11) is -0.747. The third-order valence-electron chi connectivity index (χ3n) is 2.95. The number of hydrogen-bond acceptors (Lipinski definition) is 1. The zero-order valence-corrected chi connectivity index (χ0v) is 13.8. The van der Waals surface area contributed by atoms with Crippen molar-refractivity contribution >= 4 is 19.8 Å². The summed E-state index contributed by atoms with van der Waals surface area (Å²) < 4.78 is 5.90. The Hall–Kier alpha value is -0.686. The Labute approximate surface area is 130 Å². The van der Waals surface area contributed by atoms with E-state index >= 15 is 0 Å². The first-order valence-corrected chi connectivity index (χ1v) is 8.72. The van der Waals surface area contributed by atoms with Crippen molar-refractivity contribution in [2.75, 3.05) is 0 Å². The Morgan fingerprint density at radius 2 is 1.79 bits per heavy atom. The van der Waals surface area contributed by atoms with Crippen molar-refractivity contribution < 1.29 is 23.3 Å². The van der Waals surface area contributed by atoms with Gasteiger partial charge in [0.25, 0.3) is 9.04 Å². The van der Waals surface area contributed by atoms with Crippen molar-refractivity contribution in [2.45, 2.75) is 39.3 Å². The van der Waals surface area contributed by atoms with Gasteiger partial charge in [-0.2, -0.15) is 12.1 Å². The smallest absolute Gasteiger partial charge is 0.563 e. The van der Waals surface area contributed by atoms with Gasteiger partial charge in [0, 0.05) is 0 Å².